The van der Waals surface area contributed by atoms with Crippen molar-refractivity contribution >= 4 is 17.8 Å². The summed E-state index contributed by atoms with van der Waals surface area (Å²) in [5, 5.41) is 2.29. The Balaban J connectivity index is 3.20. The van der Waals surface area contributed by atoms with Crippen LogP contribution in [0.4, 0.5) is 0 Å². The lowest BCUT2D eigenvalue weighted by molar-refractivity contribution is -0.165. The Morgan fingerprint density at radius 3 is 2.21 bits per heavy atom. The molecule has 0 aliphatic rings. The molecule has 0 bridgehead atoms. The largest absolute Gasteiger partial charge is 0.469 e. The van der Waals surface area contributed by atoms with E-state index in [1.807, 2.05) is 0 Å². The average Bonchev–Trinajstić information content (AvgIpc) is 2.87. The van der Waals surface area contributed by atoms with E-state index in [1.165, 1.54) is 13.2 Å². The smallest absolute Gasteiger partial charge is 0.343 e. The van der Waals surface area contributed by atoms with Crippen LogP contribution in [0.15, 0.2) is 22.8 Å². The summed E-state index contributed by atoms with van der Waals surface area (Å²) in [5.41, 5.74) is -1.95. The van der Waals surface area contributed by atoms with E-state index in [4.69, 9.17) is 4.42 Å². The fraction of sp³-hybridized carbons (Fsp3) is 0.417. The van der Waals surface area contributed by atoms with Gasteiger partial charge in [0.2, 0.25) is 11.4 Å². The molecule has 1 aromatic heterocycles. The number of methoxy groups -OCH3 is 2. The molecule has 19 heavy (non-hydrogen) atoms. The molecule has 1 rings (SSSR count). The number of esters is 2. The second-order valence-corrected chi connectivity index (χ2v) is 3.83. The lowest BCUT2D eigenvalue weighted by atomic mass is 9.93. The number of nitrogens with one attached hydrogen (secondary N) is 1. The van der Waals surface area contributed by atoms with Crippen molar-refractivity contribution < 1.29 is 28.3 Å². The highest BCUT2D eigenvalue weighted by molar-refractivity contribution is 6.07. The van der Waals surface area contributed by atoms with E-state index in [1.54, 1.807) is 12.1 Å². The third kappa shape index (κ3) is 3.12. The van der Waals surface area contributed by atoms with Crippen molar-refractivity contribution in [2.24, 2.45) is 0 Å². The monoisotopic (exact) mass is 269 g/mol. The Morgan fingerprint density at radius 1 is 1.26 bits per heavy atom. The molecule has 0 unspecified atom stereocenters. The van der Waals surface area contributed by atoms with Gasteiger partial charge in [0.25, 0.3) is 0 Å². The summed E-state index contributed by atoms with van der Waals surface area (Å²) in [6, 6.07) is 3.17. The molecule has 1 N–H and O–H groups in total. The minimum atomic E-state index is -1.95. The van der Waals surface area contributed by atoms with Gasteiger partial charge in [-0.2, -0.15) is 0 Å². The van der Waals surface area contributed by atoms with Crippen molar-refractivity contribution in [3.63, 3.8) is 0 Å². The molecular weight excluding hydrogens is 254 g/mol. The topological polar surface area (TPSA) is 94.8 Å². The molecule has 104 valence electrons. The molecule has 0 aliphatic heterocycles. The van der Waals surface area contributed by atoms with Gasteiger partial charge < -0.3 is 19.2 Å². The zero-order valence-corrected chi connectivity index (χ0v) is 10.9. The normalized spacial score (nSPS) is 10.7. The predicted molar refractivity (Wildman–Crippen MR) is 63.0 cm³/mol. The minimum Gasteiger partial charge on any atom is -0.469 e. The Hall–Kier alpha value is -2.31. The van der Waals surface area contributed by atoms with Crippen LogP contribution in [-0.4, -0.2) is 37.6 Å². The molecule has 1 aromatic rings. The molecule has 0 radical (unpaired) electrons. The quantitative estimate of drug-likeness (QED) is 0.599. The summed E-state index contributed by atoms with van der Waals surface area (Å²) in [5.74, 6) is -2.08. The van der Waals surface area contributed by atoms with Gasteiger partial charge in [-0.15, -0.1) is 0 Å². The Labute approximate surface area is 109 Å². The number of furan rings is 1. The van der Waals surface area contributed by atoms with Crippen molar-refractivity contribution in [2.45, 2.75) is 18.9 Å². The van der Waals surface area contributed by atoms with Crippen LogP contribution in [-0.2, 0) is 30.3 Å². The number of rotatable bonds is 5. The maximum absolute atomic E-state index is 11.9. The van der Waals surface area contributed by atoms with Crippen molar-refractivity contribution in [1.82, 2.24) is 5.32 Å². The van der Waals surface area contributed by atoms with E-state index < -0.39 is 23.4 Å². The molecule has 7 nitrogen and oxygen atoms in total. The van der Waals surface area contributed by atoms with Gasteiger partial charge >= 0.3 is 11.9 Å². The van der Waals surface area contributed by atoms with Crippen LogP contribution in [0.3, 0.4) is 0 Å². The Morgan fingerprint density at radius 2 is 1.84 bits per heavy atom. The Kier molecular flexibility index (Phi) is 4.68. The van der Waals surface area contributed by atoms with Crippen molar-refractivity contribution in [1.29, 1.82) is 0 Å². The zero-order chi connectivity index (χ0) is 14.5. The number of amides is 1. The van der Waals surface area contributed by atoms with Crippen LogP contribution in [0.25, 0.3) is 0 Å². The summed E-state index contributed by atoms with van der Waals surface area (Å²) in [6.07, 6.45) is 1.20. The van der Waals surface area contributed by atoms with Crippen LogP contribution >= 0.6 is 0 Å². The number of hydrogen-bond donors (Lipinski definition) is 1. The second-order valence-electron chi connectivity index (χ2n) is 3.83. The van der Waals surface area contributed by atoms with Crippen LogP contribution in [0.1, 0.15) is 12.7 Å². The zero-order valence-electron chi connectivity index (χ0n) is 10.9. The van der Waals surface area contributed by atoms with E-state index in [0.717, 1.165) is 14.2 Å². The van der Waals surface area contributed by atoms with Gasteiger partial charge in [-0.3, -0.25) is 4.79 Å². The van der Waals surface area contributed by atoms with Gasteiger partial charge in [0.05, 0.1) is 26.9 Å². The van der Waals surface area contributed by atoms with Gasteiger partial charge in [0, 0.05) is 6.92 Å². The maximum Gasteiger partial charge on any atom is 0.343 e. The molecular formula is C12H15NO6. The highest BCUT2D eigenvalue weighted by Crippen LogP contribution is 2.18. The standard InChI is InChI=1S/C12H15NO6/c1-8(14)13-12(10(15)17-2,11(16)18-3)7-9-5-4-6-19-9/h4-6H,7H2,1-3H3,(H,13,14). The van der Waals surface area contributed by atoms with Gasteiger partial charge in [-0.25, -0.2) is 9.59 Å². The SMILES string of the molecule is COC(=O)C(Cc1ccco1)(NC(C)=O)C(=O)OC. The van der Waals surface area contributed by atoms with E-state index >= 15 is 0 Å². The van der Waals surface area contributed by atoms with Crippen molar-refractivity contribution in [3.05, 3.63) is 24.2 Å². The second kappa shape index (κ2) is 6.03. The lowest BCUT2D eigenvalue weighted by Gasteiger charge is -2.27. The molecule has 0 saturated heterocycles. The van der Waals surface area contributed by atoms with Gasteiger partial charge in [0.15, 0.2) is 0 Å². The summed E-state index contributed by atoms with van der Waals surface area (Å²) in [7, 11) is 2.23. The summed E-state index contributed by atoms with van der Waals surface area (Å²) in [6.45, 7) is 1.18. The van der Waals surface area contributed by atoms with E-state index in [9.17, 15) is 14.4 Å². The van der Waals surface area contributed by atoms with Crippen LogP contribution in [0.5, 0.6) is 0 Å². The van der Waals surface area contributed by atoms with Crippen LogP contribution < -0.4 is 5.32 Å². The fourth-order valence-electron chi connectivity index (χ4n) is 1.70. The number of carbonyl (C=O) groups excluding carboxylic acids is 3. The predicted octanol–water partition coefficient (Wildman–Crippen LogP) is 0.0430. The first kappa shape index (κ1) is 14.7. The third-order valence-corrected chi connectivity index (χ3v) is 2.48. The summed E-state index contributed by atoms with van der Waals surface area (Å²) >= 11 is 0. The number of ether oxygens (including phenoxy) is 2. The van der Waals surface area contributed by atoms with E-state index in [2.05, 4.69) is 14.8 Å². The molecule has 0 aromatic carbocycles. The lowest BCUT2D eigenvalue weighted by Crippen LogP contribution is -2.62. The first-order chi connectivity index (χ1) is 8.96. The first-order valence-electron chi connectivity index (χ1n) is 5.44. The fourth-order valence-corrected chi connectivity index (χ4v) is 1.70. The van der Waals surface area contributed by atoms with E-state index in [0.29, 0.717) is 5.76 Å². The third-order valence-electron chi connectivity index (χ3n) is 2.48. The molecule has 0 saturated carbocycles. The van der Waals surface area contributed by atoms with Gasteiger partial charge in [-0.05, 0) is 12.1 Å². The van der Waals surface area contributed by atoms with Gasteiger partial charge in [-0.1, -0.05) is 0 Å². The minimum absolute atomic E-state index is 0.196. The molecule has 0 fully saturated rings. The molecule has 0 spiro atoms. The Bertz CT molecular complexity index is 449. The highest BCUT2D eigenvalue weighted by atomic mass is 16.5. The molecule has 1 heterocycles. The van der Waals surface area contributed by atoms with E-state index in [-0.39, 0.29) is 6.42 Å². The number of hydrogen-bond acceptors (Lipinski definition) is 6. The van der Waals surface area contributed by atoms with Crippen LogP contribution in [0.2, 0.25) is 0 Å². The number of carbonyl (C=O) groups is 3. The highest BCUT2D eigenvalue weighted by Gasteiger charge is 2.50. The molecule has 0 atom stereocenters. The maximum atomic E-state index is 11.9. The first-order valence-corrected chi connectivity index (χ1v) is 5.44. The molecule has 0 aliphatic carbocycles. The van der Waals surface area contributed by atoms with Crippen molar-refractivity contribution in [2.75, 3.05) is 14.2 Å². The molecule has 1 amide bonds. The summed E-state index contributed by atoms with van der Waals surface area (Å²) < 4.78 is 14.3. The van der Waals surface area contributed by atoms with Crippen LogP contribution in [0, 0.1) is 0 Å². The van der Waals surface area contributed by atoms with Crippen molar-refractivity contribution in [3.8, 4) is 0 Å². The average molecular weight is 269 g/mol. The molecule has 7 heteroatoms. The summed E-state index contributed by atoms with van der Waals surface area (Å²) in [4.78, 5) is 35.1. The van der Waals surface area contributed by atoms with Gasteiger partial charge in [0.1, 0.15) is 5.76 Å².